The van der Waals surface area contributed by atoms with E-state index >= 15 is 0 Å². The van der Waals surface area contributed by atoms with E-state index in [-0.39, 0.29) is 13.1 Å². The summed E-state index contributed by atoms with van der Waals surface area (Å²) in [6.07, 6.45) is -5.91. The van der Waals surface area contributed by atoms with E-state index in [2.05, 4.69) is 9.47 Å². The Morgan fingerprint density at radius 2 is 1.53 bits per heavy atom. The van der Waals surface area contributed by atoms with Crippen LogP contribution in [-0.4, -0.2) is 77.8 Å². The van der Waals surface area contributed by atoms with Gasteiger partial charge in [0.05, 0.1) is 13.2 Å². The molecule has 0 spiro atoms. The van der Waals surface area contributed by atoms with Crippen LogP contribution in [-0.2, 0) is 28.6 Å². The van der Waals surface area contributed by atoms with Gasteiger partial charge in [0.25, 0.3) is 0 Å². The molecule has 0 aromatic rings. The molecule has 2 unspecified atom stereocenters. The molecule has 0 aromatic carbocycles. The molecule has 2 atom stereocenters. The second-order valence-corrected chi connectivity index (χ2v) is 4.03. The third-order valence-electron chi connectivity index (χ3n) is 2.75. The van der Waals surface area contributed by atoms with Gasteiger partial charge in [0.2, 0.25) is 0 Å². The third kappa shape index (κ3) is 2.83. The Labute approximate surface area is 107 Å². The molecular weight excluding hydrogens is 262 g/mol. The van der Waals surface area contributed by atoms with Gasteiger partial charge in [0.1, 0.15) is 0 Å². The highest BCUT2D eigenvalue weighted by molar-refractivity contribution is 5.91. The minimum Gasteiger partial charge on any atom is -0.414 e. The molecule has 0 saturated carbocycles. The fourth-order valence-electron chi connectivity index (χ4n) is 1.67. The third-order valence-corrected chi connectivity index (χ3v) is 2.75. The Morgan fingerprint density at radius 1 is 1.05 bits per heavy atom. The first-order valence-corrected chi connectivity index (χ1v) is 5.64. The molecule has 19 heavy (non-hydrogen) atoms. The summed E-state index contributed by atoms with van der Waals surface area (Å²) in [6, 6.07) is 0. The Bertz CT molecular complexity index is 369. The molecule has 2 rings (SSSR count). The number of carbonyl (C=O) groups is 3. The maximum absolute atomic E-state index is 12.0. The Kier molecular flexibility index (Phi) is 3.98. The monoisotopic (exact) mass is 275 g/mol. The molecule has 0 aliphatic carbocycles. The summed E-state index contributed by atoms with van der Waals surface area (Å²) in [5.41, 5.74) is 0. The smallest absolute Gasteiger partial charge is 0.341 e. The van der Waals surface area contributed by atoms with Crippen molar-refractivity contribution in [2.24, 2.45) is 0 Å². The van der Waals surface area contributed by atoms with Crippen molar-refractivity contribution < 1.29 is 38.8 Å². The molecule has 9 heteroatoms. The average molecular weight is 275 g/mol. The van der Waals surface area contributed by atoms with Crippen molar-refractivity contribution in [3.63, 3.8) is 0 Å². The van der Waals surface area contributed by atoms with Gasteiger partial charge in [-0.2, -0.15) is 0 Å². The minimum absolute atomic E-state index is 0.273. The first-order chi connectivity index (χ1) is 9.00. The zero-order valence-corrected chi connectivity index (χ0v) is 9.85. The summed E-state index contributed by atoms with van der Waals surface area (Å²) < 4.78 is 14.2. The summed E-state index contributed by atoms with van der Waals surface area (Å²) in [6.45, 7) is 1.20. The fourth-order valence-corrected chi connectivity index (χ4v) is 1.67. The highest BCUT2D eigenvalue weighted by Gasteiger charge is 2.43. The van der Waals surface area contributed by atoms with Gasteiger partial charge in [0.15, 0.2) is 12.2 Å². The second-order valence-electron chi connectivity index (χ2n) is 4.03. The molecule has 2 N–H and O–H groups in total. The van der Waals surface area contributed by atoms with Gasteiger partial charge in [-0.05, 0) is 0 Å². The number of hydrogen-bond donors (Lipinski definition) is 2. The van der Waals surface area contributed by atoms with Crippen LogP contribution in [0.4, 0.5) is 0 Å². The van der Waals surface area contributed by atoms with E-state index in [1.807, 2.05) is 0 Å². The van der Waals surface area contributed by atoms with E-state index in [4.69, 9.17) is 4.74 Å². The van der Waals surface area contributed by atoms with Crippen LogP contribution < -0.4 is 0 Å². The van der Waals surface area contributed by atoms with E-state index in [0.717, 1.165) is 0 Å². The van der Waals surface area contributed by atoms with Crippen LogP contribution in [0.1, 0.15) is 0 Å². The first-order valence-electron chi connectivity index (χ1n) is 5.64. The van der Waals surface area contributed by atoms with E-state index in [1.165, 1.54) is 4.90 Å². The molecule has 2 heterocycles. The number of hydrogen-bond acceptors (Lipinski definition) is 8. The van der Waals surface area contributed by atoms with Crippen LogP contribution in [0.2, 0.25) is 0 Å². The Hall–Kier alpha value is -1.71. The van der Waals surface area contributed by atoms with Crippen LogP contribution in [0.3, 0.4) is 0 Å². The number of nitrogens with zero attached hydrogens (tertiary/aromatic N) is 1. The molecule has 9 nitrogen and oxygen atoms in total. The van der Waals surface area contributed by atoms with Gasteiger partial charge < -0.3 is 29.3 Å². The first kappa shape index (κ1) is 13.7. The van der Waals surface area contributed by atoms with Gasteiger partial charge in [-0.25, -0.2) is 9.59 Å². The quantitative estimate of drug-likeness (QED) is 0.485. The predicted octanol–water partition coefficient (Wildman–Crippen LogP) is -3.01. The highest BCUT2D eigenvalue weighted by Crippen LogP contribution is 2.13. The Balaban J connectivity index is 2.08. The van der Waals surface area contributed by atoms with Crippen molar-refractivity contribution in [1.82, 2.24) is 4.90 Å². The van der Waals surface area contributed by atoms with E-state index in [0.29, 0.717) is 13.2 Å². The molecule has 0 radical (unpaired) electrons. The lowest BCUT2D eigenvalue weighted by Gasteiger charge is -2.28. The van der Waals surface area contributed by atoms with E-state index in [1.54, 1.807) is 0 Å². The lowest BCUT2D eigenvalue weighted by Crippen LogP contribution is -2.48. The summed E-state index contributed by atoms with van der Waals surface area (Å²) in [5.74, 6) is -3.30. The van der Waals surface area contributed by atoms with Crippen LogP contribution in [0.15, 0.2) is 0 Å². The van der Waals surface area contributed by atoms with Crippen molar-refractivity contribution in [3.8, 4) is 0 Å². The molecule has 1 amide bonds. The summed E-state index contributed by atoms with van der Waals surface area (Å²) in [5, 5.41) is 18.5. The number of aliphatic hydroxyl groups is 2. The largest absolute Gasteiger partial charge is 0.414 e. The van der Waals surface area contributed by atoms with Gasteiger partial charge >= 0.3 is 24.1 Å². The zero-order chi connectivity index (χ0) is 14.0. The Morgan fingerprint density at radius 3 is 2.00 bits per heavy atom. The lowest BCUT2D eigenvalue weighted by molar-refractivity contribution is -0.195. The summed E-state index contributed by atoms with van der Waals surface area (Å²) in [4.78, 5) is 35.9. The number of esters is 2. The molecule has 106 valence electrons. The van der Waals surface area contributed by atoms with Crippen LogP contribution in [0.25, 0.3) is 0 Å². The van der Waals surface area contributed by atoms with E-state index in [9.17, 15) is 24.6 Å². The highest BCUT2D eigenvalue weighted by atomic mass is 16.7. The van der Waals surface area contributed by atoms with Gasteiger partial charge in [0, 0.05) is 13.1 Å². The maximum atomic E-state index is 12.0. The van der Waals surface area contributed by atoms with Crippen molar-refractivity contribution in [2.75, 3.05) is 26.3 Å². The number of morpholine rings is 1. The van der Waals surface area contributed by atoms with Crippen molar-refractivity contribution in [1.29, 1.82) is 0 Å². The van der Waals surface area contributed by atoms with Gasteiger partial charge in [-0.3, -0.25) is 4.79 Å². The molecule has 2 aliphatic rings. The predicted molar refractivity (Wildman–Crippen MR) is 55.4 cm³/mol. The van der Waals surface area contributed by atoms with Crippen LogP contribution in [0, 0.1) is 0 Å². The molecule has 0 bridgehead atoms. The minimum atomic E-state index is -2.06. The molecule has 2 saturated heterocycles. The number of rotatable bonds is 1. The van der Waals surface area contributed by atoms with Crippen LogP contribution in [0.5, 0.6) is 0 Å². The number of cyclic esters (lactones) is 2. The molecular formula is C10H13NO8. The zero-order valence-electron chi connectivity index (χ0n) is 9.85. The number of carbonyl (C=O) groups excluding carboxylic acids is 3. The summed E-state index contributed by atoms with van der Waals surface area (Å²) in [7, 11) is 0. The second kappa shape index (κ2) is 5.51. The van der Waals surface area contributed by atoms with Crippen LogP contribution >= 0.6 is 0 Å². The van der Waals surface area contributed by atoms with Crippen molar-refractivity contribution in [2.45, 2.75) is 18.5 Å². The number of amides is 1. The van der Waals surface area contributed by atoms with Gasteiger partial charge in [-0.1, -0.05) is 0 Å². The standard InChI is InChI=1S/C10H13NO8/c12-5-6(13)9(16)19-10(18-8(5)15)7(14)11-1-3-17-4-2-11/h5-6,10,12-13H,1-4H2. The van der Waals surface area contributed by atoms with Gasteiger partial charge in [-0.15, -0.1) is 0 Å². The summed E-state index contributed by atoms with van der Waals surface area (Å²) >= 11 is 0. The maximum Gasteiger partial charge on any atom is 0.341 e. The molecule has 0 aromatic heterocycles. The SMILES string of the molecule is O=C1OC(C(=O)N2CCOCC2)OC(=O)C(O)C1O. The lowest BCUT2D eigenvalue weighted by atomic mass is 10.2. The normalized spacial score (nSPS) is 32.3. The average Bonchev–Trinajstić information content (AvgIpc) is 2.52. The molecule has 2 aliphatic heterocycles. The van der Waals surface area contributed by atoms with E-state index < -0.39 is 36.3 Å². The molecule has 2 fully saturated rings. The topological polar surface area (TPSA) is 123 Å². The van der Waals surface area contributed by atoms with Crippen molar-refractivity contribution >= 4 is 17.8 Å². The fraction of sp³-hybridized carbons (Fsp3) is 0.700. The number of aliphatic hydroxyl groups excluding tert-OH is 2. The van der Waals surface area contributed by atoms with Crippen molar-refractivity contribution in [3.05, 3.63) is 0 Å². The number of ether oxygens (including phenoxy) is 3.